The summed E-state index contributed by atoms with van der Waals surface area (Å²) in [5.74, 6) is 0.0258. The third kappa shape index (κ3) is 3.83. The van der Waals surface area contributed by atoms with E-state index < -0.39 is 22.0 Å². The van der Waals surface area contributed by atoms with E-state index in [-0.39, 0.29) is 10.5 Å². The van der Waals surface area contributed by atoms with E-state index in [2.05, 4.69) is 4.74 Å². The molecule has 0 aliphatic carbocycles. The Labute approximate surface area is 148 Å². The van der Waals surface area contributed by atoms with E-state index in [1.807, 2.05) is 18.2 Å². The Hall–Kier alpha value is -2.38. The van der Waals surface area contributed by atoms with E-state index in [9.17, 15) is 13.2 Å². The highest BCUT2D eigenvalue weighted by Crippen LogP contribution is 2.31. The molecule has 0 saturated heterocycles. The van der Waals surface area contributed by atoms with Gasteiger partial charge in [-0.15, -0.1) is 0 Å². The highest BCUT2D eigenvalue weighted by Gasteiger charge is 2.28. The average Bonchev–Trinajstić information content (AvgIpc) is 2.66. The summed E-state index contributed by atoms with van der Waals surface area (Å²) in [5.41, 5.74) is 0.933. The number of ether oxygens (including phenoxy) is 2. The van der Waals surface area contributed by atoms with Crippen LogP contribution in [0, 0.1) is 0 Å². The molecule has 134 valence electrons. The summed E-state index contributed by atoms with van der Waals surface area (Å²) in [6.45, 7) is 1.78. The van der Waals surface area contributed by atoms with Crippen LogP contribution in [-0.2, 0) is 14.8 Å². The minimum atomic E-state index is -3.81. The summed E-state index contributed by atoms with van der Waals surface area (Å²) in [4.78, 5) is 11.7. The van der Waals surface area contributed by atoms with Crippen LogP contribution < -0.4 is 4.74 Å². The standard InChI is InChI=1S/C18H21NO5S/c1-13(16-10-5-6-11-17(16)23-3)19(2)25(21,22)15-9-7-8-14(12-15)18(20)24-4/h5-13H,1-4H3. The molecule has 1 unspecified atom stereocenters. The molecule has 0 aromatic heterocycles. The zero-order valence-electron chi connectivity index (χ0n) is 14.6. The Balaban J connectivity index is 2.40. The molecule has 0 bridgehead atoms. The molecule has 0 saturated carbocycles. The van der Waals surface area contributed by atoms with E-state index >= 15 is 0 Å². The van der Waals surface area contributed by atoms with Gasteiger partial charge in [0.15, 0.2) is 0 Å². The van der Waals surface area contributed by atoms with Crippen LogP contribution in [0.1, 0.15) is 28.9 Å². The molecule has 1 atom stereocenters. The zero-order valence-corrected chi connectivity index (χ0v) is 15.4. The van der Waals surface area contributed by atoms with Crippen molar-refractivity contribution in [2.75, 3.05) is 21.3 Å². The molecule has 0 fully saturated rings. The SMILES string of the molecule is COC(=O)c1cccc(S(=O)(=O)N(C)C(C)c2ccccc2OC)c1. The summed E-state index contributed by atoms with van der Waals surface area (Å²) in [6, 6.07) is 12.6. The topological polar surface area (TPSA) is 72.9 Å². The number of nitrogens with zero attached hydrogens (tertiary/aromatic N) is 1. The molecule has 2 aromatic carbocycles. The van der Waals surface area contributed by atoms with Gasteiger partial charge in [-0.1, -0.05) is 24.3 Å². The molecule has 0 radical (unpaired) electrons. The molecular formula is C18H21NO5S. The maximum Gasteiger partial charge on any atom is 0.337 e. The number of sulfonamides is 1. The van der Waals surface area contributed by atoms with Crippen LogP contribution in [0.5, 0.6) is 5.75 Å². The van der Waals surface area contributed by atoms with Crippen molar-refractivity contribution in [3.63, 3.8) is 0 Å². The van der Waals surface area contributed by atoms with Gasteiger partial charge in [-0.25, -0.2) is 13.2 Å². The molecule has 0 spiro atoms. The van der Waals surface area contributed by atoms with Crippen molar-refractivity contribution in [1.29, 1.82) is 0 Å². The van der Waals surface area contributed by atoms with Crippen molar-refractivity contribution in [3.05, 3.63) is 59.7 Å². The van der Waals surface area contributed by atoms with Gasteiger partial charge >= 0.3 is 5.97 Å². The monoisotopic (exact) mass is 363 g/mol. The summed E-state index contributed by atoms with van der Waals surface area (Å²) in [5, 5.41) is 0. The molecule has 2 aromatic rings. The van der Waals surface area contributed by atoms with Crippen molar-refractivity contribution in [1.82, 2.24) is 4.31 Å². The molecule has 7 heteroatoms. The first kappa shape index (κ1) is 19.0. The quantitative estimate of drug-likeness (QED) is 0.738. The second-order valence-electron chi connectivity index (χ2n) is 5.46. The van der Waals surface area contributed by atoms with Gasteiger partial charge in [0, 0.05) is 12.6 Å². The third-order valence-electron chi connectivity index (χ3n) is 4.07. The van der Waals surface area contributed by atoms with E-state index in [0.717, 1.165) is 5.56 Å². The van der Waals surface area contributed by atoms with E-state index in [4.69, 9.17) is 4.74 Å². The number of para-hydroxylation sites is 1. The van der Waals surface area contributed by atoms with Gasteiger partial charge in [-0.05, 0) is 31.2 Å². The van der Waals surface area contributed by atoms with Crippen LogP contribution in [0.25, 0.3) is 0 Å². The Morgan fingerprint density at radius 2 is 1.76 bits per heavy atom. The van der Waals surface area contributed by atoms with Crippen LogP contribution in [0.3, 0.4) is 0 Å². The van der Waals surface area contributed by atoms with Crippen molar-refractivity contribution >= 4 is 16.0 Å². The zero-order chi connectivity index (χ0) is 18.6. The summed E-state index contributed by atoms with van der Waals surface area (Å²) >= 11 is 0. The maximum atomic E-state index is 12.9. The number of methoxy groups -OCH3 is 2. The van der Waals surface area contributed by atoms with Crippen LogP contribution in [0.15, 0.2) is 53.4 Å². The predicted molar refractivity (Wildman–Crippen MR) is 94.1 cm³/mol. The number of carbonyl (C=O) groups excluding carboxylic acids is 1. The van der Waals surface area contributed by atoms with E-state index in [1.54, 1.807) is 20.1 Å². The number of hydrogen-bond acceptors (Lipinski definition) is 5. The first-order chi connectivity index (χ1) is 11.8. The van der Waals surface area contributed by atoms with Crippen molar-refractivity contribution in [3.8, 4) is 5.75 Å². The van der Waals surface area contributed by atoms with Crippen LogP contribution in [-0.4, -0.2) is 40.0 Å². The van der Waals surface area contributed by atoms with Gasteiger partial charge in [0.1, 0.15) is 5.75 Å². The fourth-order valence-corrected chi connectivity index (χ4v) is 3.87. The van der Waals surface area contributed by atoms with Crippen LogP contribution >= 0.6 is 0 Å². The Bertz CT molecular complexity index is 863. The molecule has 0 aliphatic rings. The van der Waals surface area contributed by atoms with Gasteiger partial charge in [0.25, 0.3) is 0 Å². The molecular weight excluding hydrogens is 342 g/mol. The van der Waals surface area contributed by atoms with E-state index in [0.29, 0.717) is 5.75 Å². The second-order valence-corrected chi connectivity index (χ2v) is 7.46. The molecule has 0 heterocycles. The summed E-state index contributed by atoms with van der Waals surface area (Å²) in [6.07, 6.45) is 0. The van der Waals surface area contributed by atoms with Crippen LogP contribution in [0.2, 0.25) is 0 Å². The molecule has 0 aliphatic heterocycles. The van der Waals surface area contributed by atoms with Crippen LogP contribution in [0.4, 0.5) is 0 Å². The van der Waals surface area contributed by atoms with Crippen molar-refractivity contribution in [2.24, 2.45) is 0 Å². The third-order valence-corrected chi connectivity index (χ3v) is 5.99. The molecule has 0 amide bonds. The van der Waals surface area contributed by atoms with Crippen molar-refractivity contribution in [2.45, 2.75) is 17.9 Å². The van der Waals surface area contributed by atoms with Crippen molar-refractivity contribution < 1.29 is 22.7 Å². The largest absolute Gasteiger partial charge is 0.496 e. The lowest BCUT2D eigenvalue weighted by atomic mass is 10.1. The number of hydrogen-bond donors (Lipinski definition) is 0. The summed E-state index contributed by atoms with van der Waals surface area (Å²) < 4.78 is 37.1. The average molecular weight is 363 g/mol. The van der Waals surface area contributed by atoms with Gasteiger partial charge in [-0.2, -0.15) is 4.31 Å². The van der Waals surface area contributed by atoms with Gasteiger partial charge in [-0.3, -0.25) is 0 Å². The predicted octanol–water partition coefficient (Wildman–Crippen LogP) is 2.86. The number of benzene rings is 2. The smallest absolute Gasteiger partial charge is 0.337 e. The maximum absolute atomic E-state index is 12.9. The number of esters is 1. The van der Waals surface area contributed by atoms with Gasteiger partial charge < -0.3 is 9.47 Å². The number of rotatable bonds is 6. The lowest BCUT2D eigenvalue weighted by Crippen LogP contribution is -2.30. The Kier molecular flexibility index (Phi) is 5.81. The Morgan fingerprint density at radius 1 is 1.08 bits per heavy atom. The first-order valence-corrected chi connectivity index (χ1v) is 9.06. The highest BCUT2D eigenvalue weighted by atomic mass is 32.2. The molecule has 6 nitrogen and oxygen atoms in total. The Morgan fingerprint density at radius 3 is 2.40 bits per heavy atom. The lowest BCUT2D eigenvalue weighted by Gasteiger charge is -2.26. The second kappa shape index (κ2) is 7.67. The molecule has 2 rings (SSSR count). The summed E-state index contributed by atoms with van der Waals surface area (Å²) in [7, 11) is 0.483. The lowest BCUT2D eigenvalue weighted by molar-refractivity contribution is 0.0600. The number of carbonyl (C=O) groups is 1. The fraction of sp³-hybridized carbons (Fsp3) is 0.278. The minimum absolute atomic E-state index is 0.0275. The molecule has 0 N–H and O–H groups in total. The van der Waals surface area contributed by atoms with E-state index in [1.165, 1.54) is 42.7 Å². The molecule has 25 heavy (non-hydrogen) atoms. The normalized spacial score (nSPS) is 12.7. The van der Waals surface area contributed by atoms with Gasteiger partial charge in [0.2, 0.25) is 10.0 Å². The highest BCUT2D eigenvalue weighted by molar-refractivity contribution is 7.89. The van der Waals surface area contributed by atoms with Gasteiger partial charge in [0.05, 0.1) is 30.7 Å². The minimum Gasteiger partial charge on any atom is -0.496 e. The first-order valence-electron chi connectivity index (χ1n) is 7.62. The fourth-order valence-electron chi connectivity index (χ4n) is 2.48.